The van der Waals surface area contributed by atoms with Gasteiger partial charge < -0.3 is 4.74 Å². The van der Waals surface area contributed by atoms with Gasteiger partial charge in [0, 0.05) is 13.0 Å². The maximum atomic E-state index is 9.40. The minimum atomic E-state index is -0.326. The van der Waals surface area contributed by atoms with Gasteiger partial charge in [0.2, 0.25) is 0 Å². The van der Waals surface area contributed by atoms with Crippen molar-refractivity contribution in [1.29, 1.82) is 5.26 Å². The molecule has 0 aromatic heterocycles. The van der Waals surface area contributed by atoms with E-state index in [9.17, 15) is 5.26 Å². The molecule has 0 aliphatic heterocycles. The van der Waals surface area contributed by atoms with Crippen LogP contribution in [0.3, 0.4) is 0 Å². The average molecular weight is 250 g/mol. The van der Waals surface area contributed by atoms with Crippen molar-refractivity contribution in [3.63, 3.8) is 0 Å². The maximum Gasteiger partial charge on any atom is 0.109 e. The van der Waals surface area contributed by atoms with Crippen LogP contribution in [-0.2, 0) is 4.74 Å². The van der Waals surface area contributed by atoms with Gasteiger partial charge in [-0.3, -0.25) is 5.32 Å². The molecule has 3 heteroatoms. The zero-order valence-electron chi connectivity index (χ0n) is 11.6. The number of hydrogen-bond acceptors (Lipinski definition) is 3. The molecule has 2 fully saturated rings. The number of nitriles is 1. The molecular formula is C15H26N2O. The fourth-order valence-electron chi connectivity index (χ4n) is 3.46. The van der Waals surface area contributed by atoms with Crippen molar-refractivity contribution in [3.8, 4) is 6.07 Å². The molecule has 2 rings (SSSR count). The van der Waals surface area contributed by atoms with E-state index in [2.05, 4.69) is 18.3 Å². The molecule has 2 saturated carbocycles. The summed E-state index contributed by atoms with van der Waals surface area (Å²) in [5.74, 6) is 0.780. The van der Waals surface area contributed by atoms with Crippen molar-refractivity contribution in [2.45, 2.75) is 69.9 Å². The maximum absolute atomic E-state index is 9.40. The van der Waals surface area contributed by atoms with Gasteiger partial charge in [0.05, 0.1) is 12.2 Å². The van der Waals surface area contributed by atoms with Gasteiger partial charge in [0.15, 0.2) is 0 Å². The molecule has 18 heavy (non-hydrogen) atoms. The minimum absolute atomic E-state index is 0.290. The highest BCUT2D eigenvalue weighted by Gasteiger charge is 2.36. The van der Waals surface area contributed by atoms with Crippen LogP contribution in [0.1, 0.15) is 58.3 Å². The second-order valence-electron chi connectivity index (χ2n) is 5.93. The highest BCUT2D eigenvalue weighted by Crippen LogP contribution is 2.31. The Labute approximate surface area is 111 Å². The van der Waals surface area contributed by atoms with Crippen LogP contribution in [0, 0.1) is 17.2 Å². The number of ether oxygens (including phenoxy) is 1. The lowest BCUT2D eigenvalue weighted by Crippen LogP contribution is -2.49. The van der Waals surface area contributed by atoms with Crippen molar-refractivity contribution in [1.82, 2.24) is 5.32 Å². The molecule has 0 spiro atoms. The summed E-state index contributed by atoms with van der Waals surface area (Å²) in [7, 11) is 0. The molecule has 102 valence electrons. The first-order valence-electron chi connectivity index (χ1n) is 7.56. The zero-order valence-corrected chi connectivity index (χ0v) is 11.6. The standard InChI is InChI=1S/C15H26N2O/c1-2-17-15(12-16)9-5-8-14(10-15)18-11-13-6-3-4-7-13/h13-14,17H,2-11H2,1H3. The summed E-state index contributed by atoms with van der Waals surface area (Å²) in [6.45, 7) is 3.85. The quantitative estimate of drug-likeness (QED) is 0.815. The van der Waals surface area contributed by atoms with E-state index >= 15 is 0 Å². The van der Waals surface area contributed by atoms with Crippen LogP contribution >= 0.6 is 0 Å². The second-order valence-corrected chi connectivity index (χ2v) is 5.93. The lowest BCUT2D eigenvalue weighted by Gasteiger charge is -2.36. The average Bonchev–Trinajstić information content (AvgIpc) is 2.90. The van der Waals surface area contributed by atoms with E-state index in [1.807, 2.05) is 0 Å². The van der Waals surface area contributed by atoms with E-state index in [1.165, 1.54) is 25.7 Å². The van der Waals surface area contributed by atoms with Crippen molar-refractivity contribution in [2.75, 3.05) is 13.2 Å². The molecule has 0 saturated heterocycles. The van der Waals surface area contributed by atoms with E-state index in [1.54, 1.807) is 0 Å². The molecule has 2 atom stereocenters. The highest BCUT2D eigenvalue weighted by atomic mass is 16.5. The summed E-state index contributed by atoms with van der Waals surface area (Å²) < 4.78 is 6.08. The molecule has 1 N–H and O–H groups in total. The first-order chi connectivity index (χ1) is 8.78. The van der Waals surface area contributed by atoms with Gasteiger partial charge in [-0.1, -0.05) is 19.8 Å². The summed E-state index contributed by atoms with van der Waals surface area (Å²) in [5, 5.41) is 12.8. The summed E-state index contributed by atoms with van der Waals surface area (Å²) >= 11 is 0. The van der Waals surface area contributed by atoms with Crippen LogP contribution in [0.4, 0.5) is 0 Å². The molecular weight excluding hydrogens is 224 g/mol. The monoisotopic (exact) mass is 250 g/mol. The number of nitrogens with one attached hydrogen (secondary N) is 1. The van der Waals surface area contributed by atoms with Crippen molar-refractivity contribution < 1.29 is 4.74 Å². The molecule has 0 heterocycles. The molecule has 0 radical (unpaired) electrons. The SMILES string of the molecule is CCNC1(C#N)CCCC(OCC2CCCC2)C1. The Morgan fingerprint density at radius 1 is 1.28 bits per heavy atom. The van der Waals surface area contributed by atoms with Crippen LogP contribution in [0.15, 0.2) is 0 Å². The van der Waals surface area contributed by atoms with E-state index in [0.717, 1.165) is 44.8 Å². The van der Waals surface area contributed by atoms with Gasteiger partial charge in [-0.05, 0) is 44.6 Å². The minimum Gasteiger partial charge on any atom is -0.378 e. The Hall–Kier alpha value is -0.590. The fraction of sp³-hybridized carbons (Fsp3) is 0.933. The normalized spacial score (nSPS) is 33.4. The Morgan fingerprint density at radius 3 is 2.72 bits per heavy atom. The molecule has 0 bridgehead atoms. The summed E-state index contributed by atoms with van der Waals surface area (Å²) in [4.78, 5) is 0. The third-order valence-corrected chi connectivity index (χ3v) is 4.48. The molecule has 0 aromatic carbocycles. The lowest BCUT2D eigenvalue weighted by atomic mass is 9.81. The summed E-state index contributed by atoms with van der Waals surface area (Å²) in [6.07, 6.45) is 9.78. The third kappa shape index (κ3) is 3.46. The largest absolute Gasteiger partial charge is 0.378 e. The van der Waals surface area contributed by atoms with Gasteiger partial charge in [0.1, 0.15) is 5.54 Å². The Bertz CT molecular complexity index is 289. The third-order valence-electron chi connectivity index (χ3n) is 4.48. The first-order valence-corrected chi connectivity index (χ1v) is 7.56. The van der Waals surface area contributed by atoms with E-state index in [-0.39, 0.29) is 11.6 Å². The smallest absolute Gasteiger partial charge is 0.109 e. The number of hydrogen-bond donors (Lipinski definition) is 1. The predicted molar refractivity (Wildman–Crippen MR) is 72.2 cm³/mol. The Morgan fingerprint density at radius 2 is 2.06 bits per heavy atom. The van der Waals surface area contributed by atoms with Crippen molar-refractivity contribution >= 4 is 0 Å². The van der Waals surface area contributed by atoms with Crippen LogP contribution in [0.2, 0.25) is 0 Å². The second kappa shape index (κ2) is 6.54. The number of nitrogens with zero attached hydrogens (tertiary/aromatic N) is 1. The Balaban J connectivity index is 1.80. The lowest BCUT2D eigenvalue weighted by molar-refractivity contribution is -0.00724. The van der Waals surface area contributed by atoms with Gasteiger partial charge in [0.25, 0.3) is 0 Å². The molecule has 3 nitrogen and oxygen atoms in total. The molecule has 2 unspecified atom stereocenters. The molecule has 0 aromatic rings. The molecule has 2 aliphatic carbocycles. The predicted octanol–water partition coefficient (Wildman–Crippen LogP) is 3.01. The van der Waals surface area contributed by atoms with Crippen LogP contribution < -0.4 is 5.32 Å². The van der Waals surface area contributed by atoms with Gasteiger partial charge in [-0.25, -0.2) is 0 Å². The van der Waals surface area contributed by atoms with Crippen LogP contribution in [0.5, 0.6) is 0 Å². The molecule has 0 amide bonds. The fourth-order valence-corrected chi connectivity index (χ4v) is 3.46. The van der Waals surface area contributed by atoms with Crippen molar-refractivity contribution in [3.05, 3.63) is 0 Å². The van der Waals surface area contributed by atoms with E-state index in [0.29, 0.717) is 0 Å². The van der Waals surface area contributed by atoms with Crippen LogP contribution in [0.25, 0.3) is 0 Å². The summed E-state index contributed by atoms with van der Waals surface area (Å²) in [5.41, 5.74) is -0.326. The van der Waals surface area contributed by atoms with E-state index < -0.39 is 0 Å². The van der Waals surface area contributed by atoms with E-state index in [4.69, 9.17) is 4.74 Å². The van der Waals surface area contributed by atoms with Crippen LogP contribution in [-0.4, -0.2) is 24.8 Å². The number of rotatable bonds is 5. The Kier molecular flexibility index (Phi) is 5.03. The van der Waals surface area contributed by atoms with Gasteiger partial charge in [-0.15, -0.1) is 0 Å². The summed E-state index contributed by atoms with van der Waals surface area (Å²) in [6, 6.07) is 2.49. The zero-order chi connectivity index (χ0) is 12.8. The highest BCUT2D eigenvalue weighted by molar-refractivity contribution is 5.10. The van der Waals surface area contributed by atoms with Gasteiger partial charge in [-0.2, -0.15) is 5.26 Å². The molecule has 2 aliphatic rings. The van der Waals surface area contributed by atoms with Gasteiger partial charge >= 0.3 is 0 Å². The van der Waals surface area contributed by atoms with Crippen molar-refractivity contribution in [2.24, 2.45) is 5.92 Å². The topological polar surface area (TPSA) is 45.0 Å². The first kappa shape index (κ1) is 13.8.